The molecule has 1 aromatic heterocycles. The van der Waals surface area contributed by atoms with Crippen LogP contribution in [0, 0.1) is 11.8 Å². The number of aromatic nitrogens is 2. The Labute approximate surface area is 120 Å². The molecule has 0 aliphatic carbocycles. The van der Waals surface area contributed by atoms with Crippen molar-refractivity contribution in [2.45, 2.75) is 13.5 Å². The number of hydrogen-bond acceptors (Lipinski definition) is 3. The molecule has 0 saturated carbocycles. The fraction of sp³-hybridized carbons (Fsp3) is 0.154. The summed E-state index contributed by atoms with van der Waals surface area (Å²) in [5, 5.41) is 4.04. The summed E-state index contributed by atoms with van der Waals surface area (Å²) in [5.74, 6) is 6.49. The van der Waals surface area contributed by atoms with E-state index < -0.39 is 0 Å². The van der Waals surface area contributed by atoms with E-state index in [9.17, 15) is 0 Å². The van der Waals surface area contributed by atoms with Gasteiger partial charge in [0.2, 0.25) is 5.88 Å². The Morgan fingerprint density at radius 2 is 2.28 bits per heavy atom. The van der Waals surface area contributed by atoms with Crippen LogP contribution in [-0.2, 0) is 6.61 Å². The van der Waals surface area contributed by atoms with Crippen LogP contribution in [0.5, 0.6) is 5.88 Å². The summed E-state index contributed by atoms with van der Waals surface area (Å²) in [6.45, 7) is 2.23. The smallest absolute Gasteiger partial charge is 0.234 e. The van der Waals surface area contributed by atoms with Gasteiger partial charge in [0.15, 0.2) is 0 Å². The van der Waals surface area contributed by atoms with E-state index >= 15 is 0 Å². The zero-order valence-electron chi connectivity index (χ0n) is 9.72. The van der Waals surface area contributed by atoms with E-state index in [1.807, 2.05) is 25.1 Å². The molecule has 0 aliphatic heterocycles. The second-order valence-electron chi connectivity index (χ2n) is 3.50. The maximum atomic E-state index is 5.60. The number of hydrogen-bond donors (Lipinski definition) is 1. The monoisotopic (exact) mass is 322 g/mol. The number of rotatable bonds is 3. The molecule has 0 bridgehead atoms. The standard InChI is InChI=1S/C13H11BrN2OS/c1-2-4-10-5-3-6-12(14)11(10)9-17-13-7-8-16(18)15-13/h3,5-8,18H,9H2,1H3. The van der Waals surface area contributed by atoms with Crippen LogP contribution in [0.3, 0.4) is 0 Å². The van der Waals surface area contributed by atoms with Gasteiger partial charge in [-0.3, -0.25) is 0 Å². The number of benzene rings is 1. The van der Waals surface area contributed by atoms with E-state index in [1.165, 1.54) is 4.09 Å². The van der Waals surface area contributed by atoms with Crippen LogP contribution in [0.1, 0.15) is 18.1 Å². The molecule has 0 radical (unpaired) electrons. The van der Waals surface area contributed by atoms with Gasteiger partial charge in [0.25, 0.3) is 0 Å². The Morgan fingerprint density at radius 1 is 1.44 bits per heavy atom. The molecule has 0 fully saturated rings. The van der Waals surface area contributed by atoms with Crippen LogP contribution in [0.4, 0.5) is 0 Å². The maximum absolute atomic E-state index is 5.60. The normalized spacial score (nSPS) is 9.72. The lowest BCUT2D eigenvalue weighted by molar-refractivity contribution is 0.292. The second kappa shape index (κ2) is 5.98. The average Bonchev–Trinajstić information content (AvgIpc) is 2.75. The van der Waals surface area contributed by atoms with Gasteiger partial charge in [-0.2, -0.15) is 0 Å². The van der Waals surface area contributed by atoms with Gasteiger partial charge < -0.3 is 4.74 Å². The quantitative estimate of drug-likeness (QED) is 0.693. The van der Waals surface area contributed by atoms with E-state index in [1.54, 1.807) is 12.3 Å². The number of halogens is 1. The van der Waals surface area contributed by atoms with Crippen molar-refractivity contribution in [3.63, 3.8) is 0 Å². The summed E-state index contributed by atoms with van der Waals surface area (Å²) < 4.78 is 7.99. The van der Waals surface area contributed by atoms with Gasteiger partial charge in [0.05, 0.1) is 0 Å². The summed E-state index contributed by atoms with van der Waals surface area (Å²) >= 11 is 7.56. The van der Waals surface area contributed by atoms with Crippen molar-refractivity contribution in [1.82, 2.24) is 9.19 Å². The average molecular weight is 323 g/mol. The van der Waals surface area contributed by atoms with Crippen LogP contribution in [0.15, 0.2) is 34.9 Å². The Morgan fingerprint density at radius 3 is 2.94 bits per heavy atom. The number of thiol groups is 1. The van der Waals surface area contributed by atoms with E-state index in [0.717, 1.165) is 15.6 Å². The first-order valence-corrected chi connectivity index (χ1v) is 6.48. The van der Waals surface area contributed by atoms with E-state index in [-0.39, 0.29) is 0 Å². The van der Waals surface area contributed by atoms with Crippen molar-refractivity contribution in [3.05, 3.63) is 46.1 Å². The molecule has 0 aliphatic rings. The van der Waals surface area contributed by atoms with Crippen LogP contribution < -0.4 is 4.74 Å². The second-order valence-corrected chi connectivity index (χ2v) is 4.77. The zero-order chi connectivity index (χ0) is 13.0. The van der Waals surface area contributed by atoms with Crippen molar-refractivity contribution in [2.24, 2.45) is 0 Å². The topological polar surface area (TPSA) is 27.1 Å². The molecule has 0 saturated heterocycles. The molecule has 18 heavy (non-hydrogen) atoms. The summed E-state index contributed by atoms with van der Waals surface area (Å²) in [7, 11) is 0. The lowest BCUT2D eigenvalue weighted by Gasteiger charge is -2.08. The van der Waals surface area contributed by atoms with Crippen molar-refractivity contribution < 1.29 is 4.74 Å². The van der Waals surface area contributed by atoms with E-state index in [0.29, 0.717) is 12.5 Å². The third kappa shape index (κ3) is 3.09. The molecule has 0 spiro atoms. The lowest BCUT2D eigenvalue weighted by Crippen LogP contribution is -2.00. The lowest BCUT2D eigenvalue weighted by atomic mass is 10.1. The van der Waals surface area contributed by atoms with Gasteiger partial charge >= 0.3 is 0 Å². The minimum atomic E-state index is 0.413. The van der Waals surface area contributed by atoms with Crippen LogP contribution in [-0.4, -0.2) is 9.19 Å². The van der Waals surface area contributed by atoms with Gasteiger partial charge in [-0.1, -0.05) is 27.9 Å². The van der Waals surface area contributed by atoms with E-state index in [4.69, 9.17) is 4.74 Å². The fourth-order valence-electron chi connectivity index (χ4n) is 1.48. The maximum Gasteiger partial charge on any atom is 0.234 e. The van der Waals surface area contributed by atoms with Crippen molar-refractivity contribution >= 4 is 28.7 Å². The van der Waals surface area contributed by atoms with Gasteiger partial charge in [-0.25, -0.2) is 4.09 Å². The summed E-state index contributed by atoms with van der Waals surface area (Å²) in [5.41, 5.74) is 1.97. The molecular formula is C13H11BrN2OS. The summed E-state index contributed by atoms with van der Waals surface area (Å²) in [4.78, 5) is 0. The van der Waals surface area contributed by atoms with Crippen molar-refractivity contribution in [1.29, 1.82) is 0 Å². The fourth-order valence-corrected chi connectivity index (χ4v) is 2.11. The van der Waals surface area contributed by atoms with Crippen LogP contribution in [0.2, 0.25) is 0 Å². The Hall–Kier alpha value is -1.38. The number of nitrogens with zero attached hydrogens (tertiary/aromatic N) is 2. The predicted molar refractivity (Wildman–Crippen MR) is 77.6 cm³/mol. The molecule has 0 unspecified atom stereocenters. The Bertz CT molecular complexity index is 613. The summed E-state index contributed by atoms with van der Waals surface area (Å²) in [6.07, 6.45) is 1.71. The largest absolute Gasteiger partial charge is 0.472 e. The van der Waals surface area contributed by atoms with Gasteiger partial charge in [-0.05, 0) is 31.9 Å². The highest BCUT2D eigenvalue weighted by atomic mass is 79.9. The molecule has 0 atom stereocenters. The number of ether oxygens (including phenoxy) is 1. The first kappa shape index (κ1) is 13.1. The summed E-state index contributed by atoms with van der Waals surface area (Å²) in [6, 6.07) is 7.65. The first-order chi connectivity index (χ1) is 8.70. The molecule has 5 heteroatoms. The predicted octanol–water partition coefficient (Wildman–Crippen LogP) is 3.29. The van der Waals surface area contributed by atoms with Crippen LogP contribution in [0.25, 0.3) is 0 Å². The third-order valence-corrected chi connectivity index (χ3v) is 3.26. The molecule has 92 valence electrons. The molecule has 0 amide bonds. The van der Waals surface area contributed by atoms with Gasteiger partial charge in [-0.15, -0.1) is 11.0 Å². The SMILES string of the molecule is CC#Cc1cccc(Br)c1COc1ccn(S)n1. The van der Waals surface area contributed by atoms with Crippen molar-refractivity contribution in [2.75, 3.05) is 0 Å². The van der Waals surface area contributed by atoms with Crippen LogP contribution >= 0.6 is 28.7 Å². The highest BCUT2D eigenvalue weighted by molar-refractivity contribution is 9.10. The molecular weight excluding hydrogens is 312 g/mol. The minimum Gasteiger partial charge on any atom is -0.472 e. The zero-order valence-corrected chi connectivity index (χ0v) is 12.2. The Kier molecular flexibility index (Phi) is 4.34. The van der Waals surface area contributed by atoms with Gasteiger partial charge in [0, 0.05) is 27.9 Å². The Balaban J connectivity index is 2.19. The van der Waals surface area contributed by atoms with Gasteiger partial charge in [0.1, 0.15) is 6.61 Å². The molecule has 2 aromatic rings. The minimum absolute atomic E-state index is 0.413. The molecule has 3 nitrogen and oxygen atoms in total. The molecule has 0 N–H and O–H groups in total. The molecule has 1 aromatic carbocycles. The molecule has 1 heterocycles. The third-order valence-electron chi connectivity index (χ3n) is 2.29. The van der Waals surface area contributed by atoms with Crippen molar-refractivity contribution in [3.8, 4) is 17.7 Å². The van der Waals surface area contributed by atoms with E-state index in [2.05, 4.69) is 45.7 Å². The molecule has 2 rings (SSSR count). The highest BCUT2D eigenvalue weighted by Gasteiger charge is 2.07. The highest BCUT2D eigenvalue weighted by Crippen LogP contribution is 2.22. The first-order valence-electron chi connectivity index (χ1n) is 5.28.